The summed E-state index contributed by atoms with van der Waals surface area (Å²) in [6.07, 6.45) is 0.110. The summed E-state index contributed by atoms with van der Waals surface area (Å²) in [5, 5.41) is 3.08. The number of rotatable bonds is 3. The normalized spacial score (nSPS) is 20.6. The van der Waals surface area contributed by atoms with Crippen molar-refractivity contribution in [3.8, 4) is 0 Å². The number of ether oxygens (including phenoxy) is 1. The number of aryl methyl sites for hydroxylation is 1. The summed E-state index contributed by atoms with van der Waals surface area (Å²) in [5.41, 5.74) is 0. The summed E-state index contributed by atoms with van der Waals surface area (Å²) in [6, 6.07) is 3.90. The number of likely N-dealkylation sites (N-methyl/N-ethyl adjacent to an activating group) is 1. The number of hydrogen-bond acceptors (Lipinski definition) is 4. The molecule has 4 nitrogen and oxygen atoms in total. The number of carbonyl (C=O) groups is 1. The molecule has 2 rings (SSSR count). The lowest BCUT2D eigenvalue weighted by Gasteiger charge is -2.32. The van der Waals surface area contributed by atoms with E-state index in [-0.39, 0.29) is 12.0 Å². The van der Waals surface area contributed by atoms with Crippen LogP contribution in [0.4, 0.5) is 0 Å². The van der Waals surface area contributed by atoms with Gasteiger partial charge in [0.05, 0.1) is 17.6 Å². The number of nitrogens with one attached hydrogen (secondary N) is 1. The number of thiophene rings is 1. The van der Waals surface area contributed by atoms with E-state index < -0.39 is 0 Å². The highest BCUT2D eigenvalue weighted by Crippen LogP contribution is 2.18. The molecule has 1 aliphatic rings. The highest BCUT2D eigenvalue weighted by atomic mass is 32.1. The molecular weight excluding hydrogens is 236 g/mol. The zero-order valence-corrected chi connectivity index (χ0v) is 11.0. The fourth-order valence-electron chi connectivity index (χ4n) is 1.96. The second-order valence-corrected chi connectivity index (χ2v) is 5.50. The Morgan fingerprint density at radius 2 is 2.47 bits per heavy atom. The zero-order valence-electron chi connectivity index (χ0n) is 10.2. The Kier molecular flexibility index (Phi) is 4.15. The topological polar surface area (TPSA) is 41.6 Å². The summed E-state index contributed by atoms with van der Waals surface area (Å²) >= 11 is 1.56. The summed E-state index contributed by atoms with van der Waals surface area (Å²) < 4.78 is 5.59. The molecule has 1 saturated heterocycles. The first kappa shape index (κ1) is 12.5. The van der Waals surface area contributed by atoms with Crippen molar-refractivity contribution in [3.05, 3.63) is 21.9 Å². The number of nitrogens with zero attached hydrogens (tertiary/aromatic N) is 1. The van der Waals surface area contributed by atoms with Crippen molar-refractivity contribution in [2.75, 3.05) is 33.3 Å². The Labute approximate surface area is 106 Å². The number of morpholine rings is 1. The maximum Gasteiger partial charge on any atom is 0.264 e. The predicted molar refractivity (Wildman–Crippen MR) is 68.6 cm³/mol. The van der Waals surface area contributed by atoms with Crippen molar-refractivity contribution in [2.45, 2.75) is 13.0 Å². The van der Waals surface area contributed by atoms with Crippen molar-refractivity contribution >= 4 is 17.2 Å². The highest BCUT2D eigenvalue weighted by molar-refractivity contribution is 7.13. The average Bonchev–Trinajstić information content (AvgIpc) is 2.76. The van der Waals surface area contributed by atoms with Crippen LogP contribution in [-0.4, -0.2) is 50.2 Å². The molecule has 1 aromatic heterocycles. The molecule has 0 saturated carbocycles. The van der Waals surface area contributed by atoms with Gasteiger partial charge in [0.2, 0.25) is 0 Å². The van der Waals surface area contributed by atoms with Crippen LogP contribution >= 0.6 is 11.3 Å². The molecule has 0 aliphatic carbocycles. The van der Waals surface area contributed by atoms with E-state index in [9.17, 15) is 4.79 Å². The Morgan fingerprint density at radius 1 is 1.65 bits per heavy atom. The summed E-state index contributed by atoms with van der Waals surface area (Å²) in [5.74, 6) is 0.132. The molecule has 2 heterocycles. The van der Waals surface area contributed by atoms with E-state index in [1.54, 1.807) is 11.3 Å². The van der Waals surface area contributed by atoms with Gasteiger partial charge in [-0.15, -0.1) is 11.3 Å². The number of carbonyl (C=O) groups excluding carboxylic acids is 1. The van der Waals surface area contributed by atoms with Crippen LogP contribution in [0.5, 0.6) is 0 Å². The summed E-state index contributed by atoms with van der Waals surface area (Å²) in [7, 11) is 1.90. The second-order valence-electron chi connectivity index (χ2n) is 4.21. The minimum absolute atomic E-state index is 0.110. The molecule has 0 bridgehead atoms. The van der Waals surface area contributed by atoms with E-state index >= 15 is 0 Å². The van der Waals surface area contributed by atoms with Gasteiger partial charge in [-0.25, -0.2) is 0 Å². The van der Waals surface area contributed by atoms with Gasteiger partial charge in [-0.3, -0.25) is 4.79 Å². The van der Waals surface area contributed by atoms with Crippen LogP contribution < -0.4 is 5.32 Å². The minimum Gasteiger partial charge on any atom is -0.373 e. The third-order valence-electron chi connectivity index (χ3n) is 2.81. The molecule has 94 valence electrons. The van der Waals surface area contributed by atoms with Gasteiger partial charge >= 0.3 is 0 Å². The van der Waals surface area contributed by atoms with E-state index in [1.807, 2.05) is 31.0 Å². The summed E-state index contributed by atoms with van der Waals surface area (Å²) in [6.45, 7) is 4.80. The third-order valence-corrected chi connectivity index (χ3v) is 3.80. The number of hydrogen-bond donors (Lipinski definition) is 1. The van der Waals surface area contributed by atoms with E-state index in [0.717, 1.165) is 11.4 Å². The van der Waals surface area contributed by atoms with Gasteiger partial charge in [0.1, 0.15) is 0 Å². The molecule has 1 aliphatic heterocycles. The van der Waals surface area contributed by atoms with E-state index in [0.29, 0.717) is 19.7 Å². The van der Waals surface area contributed by atoms with Gasteiger partial charge in [-0.1, -0.05) is 0 Å². The highest BCUT2D eigenvalue weighted by Gasteiger charge is 2.25. The molecule has 1 amide bonds. The molecule has 0 spiro atoms. The van der Waals surface area contributed by atoms with Crippen LogP contribution in [0.25, 0.3) is 0 Å². The van der Waals surface area contributed by atoms with Gasteiger partial charge in [-0.2, -0.15) is 0 Å². The molecule has 17 heavy (non-hydrogen) atoms. The lowest BCUT2D eigenvalue weighted by molar-refractivity contribution is -0.0194. The van der Waals surface area contributed by atoms with E-state index in [4.69, 9.17) is 4.74 Å². The van der Waals surface area contributed by atoms with Crippen molar-refractivity contribution in [1.29, 1.82) is 0 Å². The monoisotopic (exact) mass is 254 g/mol. The first-order valence-corrected chi connectivity index (χ1v) is 6.64. The largest absolute Gasteiger partial charge is 0.373 e. The molecule has 0 radical (unpaired) electrons. The average molecular weight is 254 g/mol. The standard InChI is InChI=1S/C12H18N2O2S/c1-9-3-4-11(17-9)12(15)14-5-6-16-10(8-14)7-13-2/h3-4,10,13H,5-8H2,1-2H3. The van der Waals surface area contributed by atoms with Crippen LogP contribution in [0, 0.1) is 6.92 Å². The maximum absolute atomic E-state index is 12.2. The van der Waals surface area contributed by atoms with Crippen LogP contribution in [0.1, 0.15) is 14.5 Å². The van der Waals surface area contributed by atoms with Crippen molar-refractivity contribution < 1.29 is 9.53 Å². The zero-order chi connectivity index (χ0) is 12.3. The lowest BCUT2D eigenvalue weighted by atomic mass is 10.2. The van der Waals surface area contributed by atoms with E-state index in [2.05, 4.69) is 5.32 Å². The van der Waals surface area contributed by atoms with Gasteiger partial charge in [0.25, 0.3) is 5.91 Å². The van der Waals surface area contributed by atoms with Gasteiger partial charge < -0.3 is 15.0 Å². The van der Waals surface area contributed by atoms with Gasteiger partial charge in [-0.05, 0) is 26.1 Å². The first-order valence-electron chi connectivity index (χ1n) is 5.82. The van der Waals surface area contributed by atoms with E-state index in [1.165, 1.54) is 4.88 Å². The predicted octanol–water partition coefficient (Wildman–Crippen LogP) is 1.12. The molecule has 1 fully saturated rings. The fraction of sp³-hybridized carbons (Fsp3) is 0.583. The molecule has 1 aromatic rings. The Balaban J connectivity index is 1.99. The molecule has 5 heteroatoms. The Hall–Kier alpha value is -0.910. The SMILES string of the molecule is CNCC1CN(C(=O)c2ccc(C)s2)CCO1. The van der Waals surface area contributed by atoms with Gasteiger partial charge in [0.15, 0.2) is 0 Å². The minimum atomic E-state index is 0.110. The second kappa shape index (κ2) is 5.62. The lowest BCUT2D eigenvalue weighted by Crippen LogP contribution is -2.48. The molecule has 0 aromatic carbocycles. The molecule has 1 unspecified atom stereocenters. The van der Waals surface area contributed by atoms with Crippen LogP contribution in [0.15, 0.2) is 12.1 Å². The van der Waals surface area contributed by atoms with Crippen molar-refractivity contribution in [1.82, 2.24) is 10.2 Å². The number of amides is 1. The molecule has 1 atom stereocenters. The smallest absolute Gasteiger partial charge is 0.264 e. The quantitative estimate of drug-likeness (QED) is 0.879. The third kappa shape index (κ3) is 3.06. The van der Waals surface area contributed by atoms with Crippen LogP contribution in [-0.2, 0) is 4.74 Å². The fourth-order valence-corrected chi connectivity index (χ4v) is 2.80. The summed E-state index contributed by atoms with van der Waals surface area (Å²) in [4.78, 5) is 16.1. The van der Waals surface area contributed by atoms with Gasteiger partial charge in [0, 0.05) is 24.5 Å². The van der Waals surface area contributed by atoms with Crippen LogP contribution in [0.3, 0.4) is 0 Å². The molecule has 1 N–H and O–H groups in total. The Morgan fingerprint density at radius 3 is 3.12 bits per heavy atom. The maximum atomic E-state index is 12.2. The molecular formula is C12H18N2O2S. The van der Waals surface area contributed by atoms with Crippen molar-refractivity contribution in [3.63, 3.8) is 0 Å². The van der Waals surface area contributed by atoms with Crippen molar-refractivity contribution in [2.24, 2.45) is 0 Å². The first-order chi connectivity index (χ1) is 8.20. The van der Waals surface area contributed by atoms with Crippen LogP contribution in [0.2, 0.25) is 0 Å². The Bertz CT molecular complexity index is 390.